The summed E-state index contributed by atoms with van der Waals surface area (Å²) in [5.41, 5.74) is 9.58. The number of aliphatic imine (C=N–C) groups is 1. The minimum absolute atomic E-state index is 0.0681. The lowest BCUT2D eigenvalue weighted by atomic mass is 10.00. The maximum absolute atomic E-state index is 5.20. The highest BCUT2D eigenvalue weighted by molar-refractivity contribution is 7.26. The molecule has 0 fully saturated rings. The van der Waals surface area contributed by atoms with Gasteiger partial charge >= 0.3 is 0 Å². The van der Waals surface area contributed by atoms with E-state index in [0.29, 0.717) is 0 Å². The third-order valence-corrected chi connectivity index (χ3v) is 13.8. The molecule has 2 unspecified atom stereocenters. The van der Waals surface area contributed by atoms with Crippen LogP contribution in [0.5, 0.6) is 0 Å². The van der Waals surface area contributed by atoms with Crippen LogP contribution < -0.4 is 10.6 Å². The molecule has 2 atom stereocenters. The fourth-order valence-electron chi connectivity index (χ4n) is 8.77. The van der Waals surface area contributed by atoms with Gasteiger partial charge in [-0.25, -0.2) is 4.99 Å². The van der Waals surface area contributed by atoms with Crippen LogP contribution in [0.1, 0.15) is 29.0 Å². The number of para-hydroxylation sites is 2. The molecule has 8 aromatic carbocycles. The van der Waals surface area contributed by atoms with Crippen LogP contribution in [0.25, 0.3) is 79.0 Å². The zero-order valence-electron chi connectivity index (χ0n) is 30.7. The van der Waals surface area contributed by atoms with Crippen LogP contribution in [-0.4, -0.2) is 10.4 Å². The van der Waals surface area contributed by atoms with E-state index in [0.717, 1.165) is 17.0 Å². The lowest BCUT2D eigenvalue weighted by Gasteiger charge is -2.32. The number of benzene rings is 8. The van der Waals surface area contributed by atoms with Crippen LogP contribution in [0.4, 0.5) is 0 Å². The molecule has 6 heteroatoms. The first kappa shape index (κ1) is 32.7. The van der Waals surface area contributed by atoms with Crippen molar-refractivity contribution in [3.63, 3.8) is 0 Å². The van der Waals surface area contributed by atoms with Gasteiger partial charge in [-0.2, -0.15) is 0 Å². The molecular weight excluding hydrogens is 733 g/mol. The van der Waals surface area contributed by atoms with E-state index in [9.17, 15) is 0 Å². The van der Waals surface area contributed by atoms with E-state index in [1.807, 2.05) is 28.7 Å². The van der Waals surface area contributed by atoms with Gasteiger partial charge in [0, 0.05) is 62.4 Å². The Morgan fingerprint density at radius 1 is 0.456 bits per heavy atom. The number of fused-ring (bicyclic) bond motifs is 9. The first-order valence-electron chi connectivity index (χ1n) is 19.3. The highest BCUT2D eigenvalue weighted by Crippen LogP contribution is 2.44. The van der Waals surface area contributed by atoms with Gasteiger partial charge in [-0.3, -0.25) is 5.32 Å². The van der Waals surface area contributed by atoms with E-state index in [4.69, 9.17) is 4.99 Å². The minimum atomic E-state index is -0.196. The van der Waals surface area contributed by atoms with Crippen molar-refractivity contribution in [3.05, 3.63) is 199 Å². The van der Waals surface area contributed by atoms with Crippen LogP contribution in [0, 0.1) is 0 Å². The van der Waals surface area contributed by atoms with E-state index in [2.05, 4.69) is 191 Å². The summed E-state index contributed by atoms with van der Waals surface area (Å²) in [6, 6.07) is 66.1. The normalized spacial score (nSPS) is 15.9. The molecule has 11 aromatic rings. The lowest BCUT2D eigenvalue weighted by Crippen LogP contribution is -2.44. The van der Waals surface area contributed by atoms with Gasteiger partial charge in [-0.1, -0.05) is 133 Å². The Hall–Kier alpha value is -6.57. The van der Waals surface area contributed by atoms with Crippen LogP contribution in [0.2, 0.25) is 0 Å². The largest absolute Gasteiger partial charge is 0.350 e. The molecule has 4 heterocycles. The van der Waals surface area contributed by atoms with Crippen molar-refractivity contribution in [2.24, 2.45) is 4.99 Å². The second kappa shape index (κ2) is 13.0. The lowest BCUT2D eigenvalue weighted by molar-refractivity contribution is 0.409. The molecule has 12 rings (SSSR count). The van der Waals surface area contributed by atoms with Gasteiger partial charge in [-0.05, 0) is 70.8 Å². The van der Waals surface area contributed by atoms with E-state index < -0.39 is 0 Å². The number of hydrogen-bond donors (Lipinski definition) is 2. The summed E-state index contributed by atoms with van der Waals surface area (Å²) in [4.78, 5) is 5.20. The summed E-state index contributed by atoms with van der Waals surface area (Å²) in [5, 5.41) is 15.2. The predicted octanol–water partition coefficient (Wildman–Crippen LogP) is 13.5. The zero-order chi connectivity index (χ0) is 37.5. The van der Waals surface area contributed by atoms with E-state index in [1.54, 1.807) is 0 Å². The molecule has 0 amide bonds. The van der Waals surface area contributed by atoms with Crippen molar-refractivity contribution in [2.45, 2.75) is 12.3 Å². The molecule has 0 aliphatic carbocycles. The molecule has 2 N–H and O–H groups in total. The number of nitrogens with zero attached hydrogens (tertiary/aromatic N) is 2. The summed E-state index contributed by atoms with van der Waals surface area (Å²) in [6.45, 7) is 0. The summed E-state index contributed by atoms with van der Waals surface area (Å²) in [6.07, 6.45) is -0.265. The van der Waals surface area contributed by atoms with Crippen molar-refractivity contribution < 1.29 is 0 Å². The fourth-order valence-corrected chi connectivity index (χ4v) is 11.1. The highest BCUT2D eigenvalue weighted by atomic mass is 32.1. The first-order valence-corrected chi connectivity index (χ1v) is 21.0. The summed E-state index contributed by atoms with van der Waals surface area (Å²) >= 11 is 3.75. The zero-order valence-corrected chi connectivity index (χ0v) is 32.3. The topological polar surface area (TPSA) is 41.4 Å². The Kier molecular flexibility index (Phi) is 7.45. The number of aromatic nitrogens is 1. The van der Waals surface area contributed by atoms with Gasteiger partial charge in [0.2, 0.25) is 0 Å². The summed E-state index contributed by atoms with van der Waals surface area (Å²) in [7, 11) is 0. The molecule has 4 nitrogen and oxygen atoms in total. The average Bonchev–Trinajstić information content (AvgIpc) is 3.95. The number of amidine groups is 1. The molecule has 270 valence electrons. The van der Waals surface area contributed by atoms with Crippen molar-refractivity contribution in [3.8, 4) is 16.8 Å². The number of rotatable bonds is 5. The van der Waals surface area contributed by atoms with Crippen LogP contribution in [0.3, 0.4) is 0 Å². The molecule has 1 aliphatic heterocycles. The standard InChI is InChI=1S/C51H34N4S2/c1-3-12-31(13-4-1)49-52-50(32-14-5-2-6-15-32)54-51(53-49)34-22-25-39-41-28-33(23-26-45(41)56-47(39)29-34)36-18-11-19-40-42-30-35(24-27-46(42)57-48(36)40)55-43-20-9-7-16-37(43)38-17-8-10-21-44(38)55/h1-30,49,51,53H,(H,52,54). The van der Waals surface area contributed by atoms with E-state index in [-0.39, 0.29) is 12.3 Å². The average molecular weight is 767 g/mol. The fraction of sp³-hybridized carbons (Fsp3) is 0.0392. The Morgan fingerprint density at radius 2 is 1.14 bits per heavy atom. The summed E-state index contributed by atoms with van der Waals surface area (Å²) in [5.74, 6) is 0.896. The summed E-state index contributed by atoms with van der Waals surface area (Å²) < 4.78 is 7.60. The Bertz CT molecular complexity index is 3320. The molecule has 3 aromatic heterocycles. The Labute approximate surface area is 337 Å². The molecule has 57 heavy (non-hydrogen) atoms. The maximum atomic E-state index is 5.20. The smallest absolute Gasteiger partial charge is 0.131 e. The van der Waals surface area contributed by atoms with Crippen molar-refractivity contribution >= 4 is 90.7 Å². The Morgan fingerprint density at radius 3 is 1.95 bits per heavy atom. The SMILES string of the molecule is c1ccc(C2=NC(c3ccc4c(c3)sc3ccc(-c5cccc6c5sc5ccc(-n7c8ccccc8c8ccccc87)cc56)cc34)NC(c3ccccc3)N2)cc1. The van der Waals surface area contributed by atoms with E-state index in [1.165, 1.54) is 84.5 Å². The second-order valence-electron chi connectivity index (χ2n) is 14.8. The van der Waals surface area contributed by atoms with Crippen molar-refractivity contribution in [1.29, 1.82) is 0 Å². The van der Waals surface area contributed by atoms with Gasteiger partial charge in [0.1, 0.15) is 18.2 Å². The van der Waals surface area contributed by atoms with Gasteiger partial charge in [0.05, 0.1) is 11.0 Å². The third-order valence-electron chi connectivity index (χ3n) is 11.5. The van der Waals surface area contributed by atoms with Gasteiger partial charge in [0.15, 0.2) is 0 Å². The maximum Gasteiger partial charge on any atom is 0.131 e. The van der Waals surface area contributed by atoms with Gasteiger partial charge in [0.25, 0.3) is 0 Å². The van der Waals surface area contributed by atoms with Crippen molar-refractivity contribution in [2.75, 3.05) is 0 Å². The van der Waals surface area contributed by atoms with E-state index >= 15 is 0 Å². The number of nitrogens with one attached hydrogen (secondary N) is 2. The Balaban J connectivity index is 0.933. The third kappa shape index (κ3) is 5.33. The van der Waals surface area contributed by atoms with Gasteiger partial charge < -0.3 is 9.88 Å². The van der Waals surface area contributed by atoms with Crippen LogP contribution >= 0.6 is 22.7 Å². The quantitative estimate of drug-likeness (QED) is 0.183. The molecule has 1 aliphatic rings. The molecule has 0 bridgehead atoms. The number of thiophene rings is 2. The van der Waals surface area contributed by atoms with Gasteiger partial charge in [-0.15, -0.1) is 22.7 Å². The second-order valence-corrected chi connectivity index (χ2v) is 16.9. The monoisotopic (exact) mass is 766 g/mol. The first-order chi connectivity index (χ1) is 28.2. The minimum Gasteiger partial charge on any atom is -0.350 e. The van der Waals surface area contributed by atoms with Crippen molar-refractivity contribution in [1.82, 2.24) is 15.2 Å². The molecule has 0 spiro atoms. The molecule has 0 saturated carbocycles. The number of hydrogen-bond acceptors (Lipinski definition) is 5. The predicted molar refractivity (Wildman–Crippen MR) is 243 cm³/mol. The highest BCUT2D eigenvalue weighted by Gasteiger charge is 2.26. The van der Waals surface area contributed by atoms with Crippen LogP contribution in [0.15, 0.2) is 187 Å². The molecule has 0 saturated heterocycles. The molecule has 0 radical (unpaired) electrons. The van der Waals surface area contributed by atoms with Crippen LogP contribution in [-0.2, 0) is 0 Å². The molecular formula is C51H34N4S2.